The average Bonchev–Trinajstić information content (AvgIpc) is 3.07. The number of carbonyl (C=O) groups excluding carboxylic acids is 2. The summed E-state index contributed by atoms with van der Waals surface area (Å²) in [7, 11) is 1.69. The van der Waals surface area contributed by atoms with Gasteiger partial charge in [0.1, 0.15) is 5.82 Å². The summed E-state index contributed by atoms with van der Waals surface area (Å²) in [6, 6.07) is 4.51. The summed E-state index contributed by atoms with van der Waals surface area (Å²) >= 11 is 0. The second kappa shape index (κ2) is 8.07. The molecule has 2 aromatic rings. The van der Waals surface area contributed by atoms with Crippen LogP contribution in [-0.4, -0.2) is 56.1 Å². The molecule has 0 radical (unpaired) electrons. The highest BCUT2D eigenvalue weighted by atomic mass is 19.1. The van der Waals surface area contributed by atoms with E-state index in [4.69, 9.17) is 0 Å². The molecule has 1 aliphatic rings. The van der Waals surface area contributed by atoms with E-state index < -0.39 is 29.8 Å². The van der Waals surface area contributed by atoms with Crippen LogP contribution in [0.1, 0.15) is 29.0 Å². The molecular weight excluding hydrogens is 367 g/mol. The number of amides is 2. The molecule has 3 N–H and O–H groups in total. The predicted octanol–water partition coefficient (Wildman–Crippen LogP) is 0.209. The summed E-state index contributed by atoms with van der Waals surface area (Å²) < 4.78 is 15.6. The van der Waals surface area contributed by atoms with E-state index in [1.165, 1.54) is 23.5 Å². The molecule has 0 saturated carbocycles. The summed E-state index contributed by atoms with van der Waals surface area (Å²) in [5, 5.41) is 22.8. The molecule has 2 unspecified atom stereocenters. The van der Waals surface area contributed by atoms with Crippen LogP contribution in [0.25, 0.3) is 0 Å². The third kappa shape index (κ3) is 3.90. The van der Waals surface area contributed by atoms with Gasteiger partial charge >= 0.3 is 0 Å². The van der Waals surface area contributed by atoms with Gasteiger partial charge in [-0.2, -0.15) is 0 Å². The second-order valence-electron chi connectivity index (χ2n) is 7.07. The van der Waals surface area contributed by atoms with Crippen molar-refractivity contribution in [1.29, 1.82) is 0 Å². The maximum atomic E-state index is 14.0. The minimum absolute atomic E-state index is 0.00111. The number of halogens is 1. The molecule has 28 heavy (non-hydrogen) atoms. The Morgan fingerprint density at radius 3 is 2.68 bits per heavy atom. The molecule has 1 aromatic carbocycles. The standard InChI is InChI=1S/C19H23FN4O4/c1-11-4-3-5-13(15(11)20)16(25)18(27)22-6-12-8-24(9-12)19(28)17(26)14-7-21-10-23(14)2/h3-5,7,10,12,16-17,25-26H,6,8-9H2,1-2H3,(H,22,27). The van der Waals surface area contributed by atoms with E-state index in [9.17, 15) is 24.2 Å². The third-order valence-electron chi connectivity index (χ3n) is 4.97. The van der Waals surface area contributed by atoms with Gasteiger partial charge in [-0.25, -0.2) is 9.37 Å². The number of nitrogens with one attached hydrogen (secondary N) is 1. The lowest BCUT2D eigenvalue weighted by atomic mass is 9.98. The van der Waals surface area contributed by atoms with Gasteiger partial charge < -0.3 is 25.0 Å². The summed E-state index contributed by atoms with van der Waals surface area (Å²) in [6.45, 7) is 2.56. The van der Waals surface area contributed by atoms with Crippen LogP contribution in [-0.2, 0) is 16.6 Å². The number of aromatic nitrogens is 2. The first-order valence-corrected chi connectivity index (χ1v) is 8.93. The maximum Gasteiger partial charge on any atom is 0.257 e. The van der Waals surface area contributed by atoms with Gasteiger partial charge in [0.2, 0.25) is 0 Å². The highest BCUT2D eigenvalue weighted by Gasteiger charge is 2.35. The number of aliphatic hydroxyl groups excluding tert-OH is 2. The molecule has 1 saturated heterocycles. The number of rotatable bonds is 6. The van der Waals surface area contributed by atoms with E-state index in [0.717, 1.165) is 0 Å². The van der Waals surface area contributed by atoms with E-state index in [0.29, 0.717) is 24.3 Å². The number of aliphatic hydroxyl groups is 2. The predicted molar refractivity (Wildman–Crippen MR) is 97.3 cm³/mol. The SMILES string of the molecule is Cc1cccc(C(O)C(=O)NCC2CN(C(=O)C(O)c3cncn3C)C2)c1F. The highest BCUT2D eigenvalue weighted by molar-refractivity contribution is 5.83. The molecule has 2 heterocycles. The summed E-state index contributed by atoms with van der Waals surface area (Å²) in [4.78, 5) is 29.8. The number of likely N-dealkylation sites (tertiary alicyclic amines) is 1. The molecule has 0 aliphatic carbocycles. The maximum absolute atomic E-state index is 14.0. The Bertz CT molecular complexity index is 879. The van der Waals surface area contributed by atoms with Crippen LogP contribution in [0.4, 0.5) is 4.39 Å². The third-order valence-corrected chi connectivity index (χ3v) is 4.97. The Morgan fingerprint density at radius 2 is 2.04 bits per heavy atom. The molecule has 1 aromatic heterocycles. The van der Waals surface area contributed by atoms with Gasteiger partial charge in [-0.05, 0) is 12.5 Å². The fourth-order valence-electron chi connectivity index (χ4n) is 3.17. The second-order valence-corrected chi connectivity index (χ2v) is 7.07. The lowest BCUT2D eigenvalue weighted by molar-refractivity contribution is -0.147. The summed E-state index contributed by atoms with van der Waals surface area (Å²) in [5.74, 6) is -1.71. The highest BCUT2D eigenvalue weighted by Crippen LogP contribution is 2.23. The van der Waals surface area contributed by atoms with E-state index in [2.05, 4.69) is 10.3 Å². The lowest BCUT2D eigenvalue weighted by Crippen LogP contribution is -2.55. The van der Waals surface area contributed by atoms with Gasteiger partial charge in [0.15, 0.2) is 12.2 Å². The van der Waals surface area contributed by atoms with Crippen molar-refractivity contribution in [3.05, 3.63) is 53.4 Å². The number of benzene rings is 1. The summed E-state index contributed by atoms with van der Waals surface area (Å²) in [6.07, 6.45) is 0.0627. The van der Waals surface area contributed by atoms with Gasteiger partial charge in [-0.3, -0.25) is 9.59 Å². The Balaban J connectivity index is 1.47. The molecule has 8 nitrogen and oxygen atoms in total. The number of carbonyl (C=O) groups is 2. The molecule has 3 rings (SSSR count). The number of aryl methyl sites for hydroxylation is 2. The molecule has 0 spiro atoms. The van der Waals surface area contributed by atoms with E-state index in [1.807, 2.05) is 0 Å². The van der Waals surface area contributed by atoms with Crippen molar-refractivity contribution in [2.24, 2.45) is 13.0 Å². The zero-order valence-corrected chi connectivity index (χ0v) is 15.7. The first kappa shape index (κ1) is 20.0. The number of hydrogen-bond donors (Lipinski definition) is 3. The Hall–Kier alpha value is -2.78. The minimum Gasteiger partial charge on any atom is -0.378 e. The normalized spacial score (nSPS) is 16.4. The fraction of sp³-hybridized carbons (Fsp3) is 0.421. The minimum atomic E-state index is -1.59. The van der Waals surface area contributed by atoms with Crippen molar-refractivity contribution in [3.8, 4) is 0 Å². The first-order valence-electron chi connectivity index (χ1n) is 8.93. The fourth-order valence-corrected chi connectivity index (χ4v) is 3.17. The lowest BCUT2D eigenvalue weighted by Gasteiger charge is -2.40. The van der Waals surface area contributed by atoms with Crippen molar-refractivity contribution in [1.82, 2.24) is 19.8 Å². The largest absolute Gasteiger partial charge is 0.378 e. The van der Waals surface area contributed by atoms with Crippen molar-refractivity contribution in [2.45, 2.75) is 19.1 Å². The molecular formula is C19H23FN4O4. The van der Waals surface area contributed by atoms with Crippen LogP contribution in [0.2, 0.25) is 0 Å². The van der Waals surface area contributed by atoms with Gasteiger partial charge in [0, 0.05) is 38.2 Å². The van der Waals surface area contributed by atoms with E-state index in [1.54, 1.807) is 30.7 Å². The molecule has 9 heteroatoms. The van der Waals surface area contributed by atoms with Crippen molar-refractivity contribution in [3.63, 3.8) is 0 Å². The van der Waals surface area contributed by atoms with Crippen LogP contribution < -0.4 is 5.32 Å². The smallest absolute Gasteiger partial charge is 0.257 e. The quantitative estimate of drug-likeness (QED) is 0.654. The van der Waals surface area contributed by atoms with Crippen molar-refractivity contribution < 1.29 is 24.2 Å². The van der Waals surface area contributed by atoms with Crippen LogP contribution in [0.3, 0.4) is 0 Å². The van der Waals surface area contributed by atoms with Gasteiger partial charge in [0.05, 0.1) is 18.2 Å². The Morgan fingerprint density at radius 1 is 1.32 bits per heavy atom. The molecule has 1 aliphatic heterocycles. The van der Waals surface area contributed by atoms with Gasteiger partial charge in [-0.1, -0.05) is 18.2 Å². The van der Waals surface area contributed by atoms with Gasteiger partial charge in [0.25, 0.3) is 11.8 Å². The van der Waals surface area contributed by atoms with Gasteiger partial charge in [-0.15, -0.1) is 0 Å². The summed E-state index contributed by atoms with van der Waals surface area (Å²) in [5.41, 5.74) is 0.691. The zero-order chi connectivity index (χ0) is 20.4. The average molecular weight is 390 g/mol. The van der Waals surface area contributed by atoms with Crippen LogP contribution in [0, 0.1) is 18.7 Å². The zero-order valence-electron chi connectivity index (χ0n) is 15.7. The van der Waals surface area contributed by atoms with Crippen LogP contribution in [0.5, 0.6) is 0 Å². The first-order chi connectivity index (χ1) is 13.3. The van der Waals surface area contributed by atoms with Crippen LogP contribution in [0.15, 0.2) is 30.7 Å². The van der Waals surface area contributed by atoms with E-state index >= 15 is 0 Å². The molecule has 2 amide bonds. The van der Waals surface area contributed by atoms with Crippen LogP contribution >= 0.6 is 0 Å². The van der Waals surface area contributed by atoms with Crippen molar-refractivity contribution >= 4 is 11.8 Å². The van der Waals surface area contributed by atoms with Crippen molar-refractivity contribution in [2.75, 3.05) is 19.6 Å². The Kier molecular flexibility index (Phi) is 5.76. The molecule has 150 valence electrons. The number of hydrogen-bond acceptors (Lipinski definition) is 5. The number of imidazole rings is 1. The Labute approximate surface area is 161 Å². The number of nitrogens with zero attached hydrogens (tertiary/aromatic N) is 3. The molecule has 0 bridgehead atoms. The van der Waals surface area contributed by atoms with E-state index in [-0.39, 0.29) is 18.0 Å². The molecule has 2 atom stereocenters. The topological polar surface area (TPSA) is 108 Å². The molecule has 1 fully saturated rings. The monoisotopic (exact) mass is 390 g/mol.